The monoisotopic (exact) mass is 244 g/mol. The van der Waals surface area contributed by atoms with Crippen molar-refractivity contribution in [2.24, 2.45) is 5.73 Å². The first-order valence-electron chi connectivity index (χ1n) is 4.87. The van der Waals surface area contributed by atoms with Gasteiger partial charge in [0.1, 0.15) is 0 Å². The SMILES string of the molecule is NCc1cn(CC(F)F)c2cc(Cl)ccc12. The van der Waals surface area contributed by atoms with E-state index in [1.165, 1.54) is 4.57 Å². The van der Waals surface area contributed by atoms with Crippen LogP contribution in [0.5, 0.6) is 0 Å². The molecule has 0 bridgehead atoms. The minimum atomic E-state index is -2.39. The topological polar surface area (TPSA) is 30.9 Å². The summed E-state index contributed by atoms with van der Waals surface area (Å²) in [5, 5.41) is 1.41. The first-order valence-corrected chi connectivity index (χ1v) is 5.25. The van der Waals surface area contributed by atoms with Crippen molar-refractivity contribution in [2.45, 2.75) is 19.5 Å². The van der Waals surface area contributed by atoms with E-state index in [4.69, 9.17) is 17.3 Å². The van der Waals surface area contributed by atoms with Gasteiger partial charge in [0.15, 0.2) is 0 Å². The minimum absolute atomic E-state index is 0.328. The molecule has 5 heteroatoms. The van der Waals surface area contributed by atoms with Crippen LogP contribution in [0.15, 0.2) is 24.4 Å². The van der Waals surface area contributed by atoms with Crippen molar-refractivity contribution in [3.63, 3.8) is 0 Å². The second-order valence-corrected chi connectivity index (χ2v) is 4.00. The van der Waals surface area contributed by atoms with Gasteiger partial charge in [0.2, 0.25) is 0 Å². The number of nitrogens with two attached hydrogens (primary N) is 1. The smallest absolute Gasteiger partial charge is 0.256 e. The highest BCUT2D eigenvalue weighted by Crippen LogP contribution is 2.25. The normalized spacial score (nSPS) is 11.6. The maximum absolute atomic E-state index is 12.4. The Labute approximate surface area is 96.6 Å². The van der Waals surface area contributed by atoms with Crippen LogP contribution in [0.3, 0.4) is 0 Å². The van der Waals surface area contributed by atoms with Gasteiger partial charge in [0, 0.05) is 23.2 Å². The fourth-order valence-electron chi connectivity index (χ4n) is 1.80. The molecule has 0 saturated heterocycles. The molecule has 0 spiro atoms. The molecule has 2 nitrogen and oxygen atoms in total. The van der Waals surface area contributed by atoms with Crippen molar-refractivity contribution in [3.8, 4) is 0 Å². The lowest BCUT2D eigenvalue weighted by Gasteiger charge is -2.03. The molecule has 0 amide bonds. The predicted octanol–water partition coefficient (Wildman–Crippen LogP) is 3.02. The summed E-state index contributed by atoms with van der Waals surface area (Å²) in [7, 11) is 0. The van der Waals surface area contributed by atoms with E-state index in [0.717, 1.165) is 10.9 Å². The number of nitrogens with zero attached hydrogens (tertiary/aromatic N) is 1. The Morgan fingerprint density at radius 3 is 2.75 bits per heavy atom. The van der Waals surface area contributed by atoms with Gasteiger partial charge in [-0.15, -0.1) is 0 Å². The largest absolute Gasteiger partial charge is 0.341 e. The summed E-state index contributed by atoms with van der Waals surface area (Å²) >= 11 is 5.85. The second kappa shape index (κ2) is 4.39. The minimum Gasteiger partial charge on any atom is -0.341 e. The molecule has 2 rings (SSSR count). The first-order chi connectivity index (χ1) is 7.61. The highest BCUT2D eigenvalue weighted by atomic mass is 35.5. The first kappa shape index (κ1) is 11.4. The Kier molecular flexibility index (Phi) is 3.12. The molecular weight excluding hydrogens is 234 g/mol. The lowest BCUT2D eigenvalue weighted by atomic mass is 10.2. The number of fused-ring (bicyclic) bond motifs is 1. The molecule has 0 fully saturated rings. The van der Waals surface area contributed by atoms with Crippen LogP contribution >= 0.6 is 11.6 Å². The molecule has 0 atom stereocenters. The standard InChI is InChI=1S/C11H11ClF2N2/c12-8-1-2-9-7(4-15)5-16(6-11(13)14)10(9)3-8/h1-3,5,11H,4,6,15H2. The Balaban J connectivity index is 2.59. The van der Waals surface area contributed by atoms with Crippen molar-refractivity contribution in [3.05, 3.63) is 35.0 Å². The zero-order valence-electron chi connectivity index (χ0n) is 8.46. The van der Waals surface area contributed by atoms with E-state index in [1.807, 2.05) is 6.07 Å². The quantitative estimate of drug-likeness (QED) is 0.884. The van der Waals surface area contributed by atoms with Crippen molar-refractivity contribution in [1.29, 1.82) is 0 Å². The van der Waals surface area contributed by atoms with Crippen LogP contribution in [-0.4, -0.2) is 11.0 Å². The summed E-state index contributed by atoms with van der Waals surface area (Å²) < 4.78 is 26.2. The van der Waals surface area contributed by atoms with E-state index in [9.17, 15) is 8.78 Å². The number of benzene rings is 1. The molecular formula is C11H11ClF2N2. The highest BCUT2D eigenvalue weighted by molar-refractivity contribution is 6.31. The van der Waals surface area contributed by atoms with Gasteiger partial charge in [-0.25, -0.2) is 8.78 Å². The molecule has 2 N–H and O–H groups in total. The Hall–Kier alpha value is -1.13. The third kappa shape index (κ3) is 2.03. The molecule has 0 saturated carbocycles. The lowest BCUT2D eigenvalue weighted by Crippen LogP contribution is -2.05. The second-order valence-electron chi connectivity index (χ2n) is 3.56. The van der Waals surface area contributed by atoms with E-state index in [2.05, 4.69) is 0 Å². The van der Waals surface area contributed by atoms with E-state index in [-0.39, 0.29) is 6.54 Å². The van der Waals surface area contributed by atoms with Gasteiger partial charge in [0.05, 0.1) is 12.1 Å². The zero-order chi connectivity index (χ0) is 11.7. The fourth-order valence-corrected chi connectivity index (χ4v) is 1.97. The average Bonchev–Trinajstić information content (AvgIpc) is 2.55. The van der Waals surface area contributed by atoms with E-state index in [1.54, 1.807) is 18.3 Å². The molecule has 0 unspecified atom stereocenters. The van der Waals surface area contributed by atoms with Gasteiger partial charge in [-0.3, -0.25) is 0 Å². The molecule has 0 aliphatic rings. The number of hydrogen-bond donors (Lipinski definition) is 1. The van der Waals surface area contributed by atoms with E-state index >= 15 is 0 Å². The van der Waals surface area contributed by atoms with Crippen LogP contribution in [0.2, 0.25) is 5.02 Å². The van der Waals surface area contributed by atoms with Crippen LogP contribution in [-0.2, 0) is 13.1 Å². The highest BCUT2D eigenvalue weighted by Gasteiger charge is 2.11. The lowest BCUT2D eigenvalue weighted by molar-refractivity contribution is 0.128. The van der Waals surface area contributed by atoms with Crippen LogP contribution in [0.4, 0.5) is 8.78 Å². The number of aromatic nitrogens is 1. The summed E-state index contributed by atoms with van der Waals surface area (Å²) in [5.41, 5.74) is 7.12. The molecule has 2 aromatic rings. The van der Waals surface area contributed by atoms with Crippen molar-refractivity contribution in [2.75, 3.05) is 0 Å². The number of hydrogen-bond acceptors (Lipinski definition) is 1. The van der Waals surface area contributed by atoms with Gasteiger partial charge in [-0.1, -0.05) is 17.7 Å². The molecule has 1 aromatic heterocycles. The van der Waals surface area contributed by atoms with Crippen LogP contribution in [0.25, 0.3) is 10.9 Å². The third-order valence-electron chi connectivity index (χ3n) is 2.48. The number of halogens is 3. The molecule has 0 aliphatic carbocycles. The van der Waals surface area contributed by atoms with Gasteiger partial charge < -0.3 is 10.3 Å². The number of rotatable bonds is 3. The summed E-state index contributed by atoms with van der Waals surface area (Å²) in [5.74, 6) is 0. The van der Waals surface area contributed by atoms with E-state index in [0.29, 0.717) is 17.1 Å². The molecule has 86 valence electrons. The third-order valence-corrected chi connectivity index (χ3v) is 2.72. The van der Waals surface area contributed by atoms with Gasteiger partial charge in [-0.05, 0) is 17.7 Å². The molecule has 16 heavy (non-hydrogen) atoms. The summed E-state index contributed by atoms with van der Waals surface area (Å²) in [6.45, 7) is -0.00872. The maximum Gasteiger partial charge on any atom is 0.256 e. The maximum atomic E-state index is 12.4. The summed E-state index contributed by atoms with van der Waals surface area (Å²) in [6, 6.07) is 5.22. The van der Waals surface area contributed by atoms with Crippen LogP contribution < -0.4 is 5.73 Å². The molecule has 1 aromatic carbocycles. The van der Waals surface area contributed by atoms with E-state index < -0.39 is 6.43 Å². The Bertz CT molecular complexity index is 508. The van der Waals surface area contributed by atoms with Crippen molar-refractivity contribution in [1.82, 2.24) is 4.57 Å². The van der Waals surface area contributed by atoms with Crippen molar-refractivity contribution < 1.29 is 8.78 Å². The van der Waals surface area contributed by atoms with Gasteiger partial charge in [0.25, 0.3) is 6.43 Å². The Morgan fingerprint density at radius 1 is 1.38 bits per heavy atom. The number of alkyl halides is 2. The van der Waals surface area contributed by atoms with Crippen LogP contribution in [0, 0.1) is 0 Å². The molecule has 0 aliphatic heterocycles. The Morgan fingerprint density at radius 2 is 2.12 bits per heavy atom. The van der Waals surface area contributed by atoms with Crippen LogP contribution in [0.1, 0.15) is 5.56 Å². The summed E-state index contributed by atoms with van der Waals surface area (Å²) in [6.07, 6.45) is -0.729. The predicted molar refractivity (Wildman–Crippen MR) is 60.8 cm³/mol. The van der Waals surface area contributed by atoms with Crippen molar-refractivity contribution >= 4 is 22.5 Å². The zero-order valence-corrected chi connectivity index (χ0v) is 9.22. The summed E-state index contributed by atoms with van der Waals surface area (Å²) in [4.78, 5) is 0. The molecule has 0 radical (unpaired) electrons. The molecule has 1 heterocycles. The van der Waals surface area contributed by atoms with Gasteiger partial charge in [-0.2, -0.15) is 0 Å². The van der Waals surface area contributed by atoms with Gasteiger partial charge >= 0.3 is 0 Å². The average molecular weight is 245 g/mol. The fraction of sp³-hybridized carbons (Fsp3) is 0.273.